The number of cyclic esters (lactones) is 1. The Kier molecular flexibility index (Phi) is 14.3. The van der Waals surface area contributed by atoms with Gasteiger partial charge in [0.2, 0.25) is 5.91 Å². The van der Waals surface area contributed by atoms with Crippen LogP contribution in [0, 0.1) is 23.6 Å². The number of hydrogen-bond acceptors (Lipinski definition) is 9. The second-order valence-electron chi connectivity index (χ2n) is 14.4. The molecule has 1 aromatic rings. The highest BCUT2D eigenvalue weighted by molar-refractivity contribution is 5.79. The van der Waals surface area contributed by atoms with Gasteiger partial charge < -0.3 is 39.3 Å². The van der Waals surface area contributed by atoms with Crippen LogP contribution in [0.5, 0.6) is 0 Å². The van der Waals surface area contributed by atoms with Crippen LogP contribution in [-0.2, 0) is 19.1 Å². The number of esters is 1. The molecule has 2 amide bonds. The van der Waals surface area contributed by atoms with E-state index in [-0.39, 0.29) is 30.3 Å². The first-order chi connectivity index (χ1) is 23.7. The number of aliphatic hydroxyl groups excluding tert-OH is 2. The van der Waals surface area contributed by atoms with Gasteiger partial charge in [-0.2, -0.15) is 0 Å². The van der Waals surface area contributed by atoms with Crippen LogP contribution in [0.2, 0.25) is 0 Å². The number of anilines is 1. The average Bonchev–Trinajstić information content (AvgIpc) is 3.09. The fourth-order valence-corrected chi connectivity index (χ4v) is 6.83. The second kappa shape index (κ2) is 18.1. The Bertz CT molecular complexity index is 1370. The SMILES string of the molecule is CC[C@H](O)[C@@H](C)C(=O)N1CCN(c2cc(F)cc(/C=C(\C)[C@H]3OC(=O)C[C@H](O)CC[C@H](C)[C@@H](OC(=O)N4CCN(C)CC4)/C=C/[C@@H]3C)c2)CC1. The Morgan fingerprint density at radius 3 is 2.34 bits per heavy atom. The van der Waals surface area contributed by atoms with Gasteiger partial charge in [0.15, 0.2) is 0 Å². The zero-order valence-corrected chi connectivity index (χ0v) is 30.6. The number of piperazine rings is 2. The zero-order valence-electron chi connectivity index (χ0n) is 30.6. The molecule has 0 saturated carbocycles. The molecule has 50 heavy (non-hydrogen) atoms. The number of ether oxygens (including phenoxy) is 2. The quantitative estimate of drug-likeness (QED) is 0.316. The Hall–Kier alpha value is -3.48. The summed E-state index contributed by atoms with van der Waals surface area (Å²) in [4.78, 5) is 46.6. The summed E-state index contributed by atoms with van der Waals surface area (Å²) in [5.41, 5.74) is 1.97. The predicted molar refractivity (Wildman–Crippen MR) is 191 cm³/mol. The van der Waals surface area contributed by atoms with Crippen molar-refractivity contribution in [2.75, 3.05) is 64.3 Å². The van der Waals surface area contributed by atoms with Crippen molar-refractivity contribution in [3.63, 3.8) is 0 Å². The smallest absolute Gasteiger partial charge is 0.410 e. The molecule has 3 aliphatic rings. The van der Waals surface area contributed by atoms with Gasteiger partial charge in [-0.3, -0.25) is 9.59 Å². The topological polar surface area (TPSA) is 123 Å². The number of benzene rings is 1. The molecule has 278 valence electrons. The van der Waals surface area contributed by atoms with E-state index in [0.717, 1.165) is 13.1 Å². The van der Waals surface area contributed by atoms with Crippen molar-refractivity contribution in [2.45, 2.75) is 84.7 Å². The van der Waals surface area contributed by atoms with Crippen molar-refractivity contribution in [3.8, 4) is 0 Å². The van der Waals surface area contributed by atoms with Gasteiger partial charge in [-0.15, -0.1) is 0 Å². The molecule has 3 aliphatic heterocycles. The molecule has 1 aromatic carbocycles. The lowest BCUT2D eigenvalue weighted by Gasteiger charge is -2.37. The van der Waals surface area contributed by atoms with Crippen LogP contribution in [0.4, 0.5) is 14.9 Å². The normalized spacial score (nSPS) is 28.2. The summed E-state index contributed by atoms with van der Waals surface area (Å²) < 4.78 is 27.0. The van der Waals surface area contributed by atoms with Crippen LogP contribution in [0.1, 0.15) is 65.9 Å². The van der Waals surface area contributed by atoms with E-state index in [1.165, 1.54) is 12.1 Å². The number of aliphatic hydroxyl groups is 2. The third-order valence-electron chi connectivity index (χ3n) is 10.3. The van der Waals surface area contributed by atoms with E-state index >= 15 is 4.39 Å². The molecule has 7 atom stereocenters. The van der Waals surface area contributed by atoms with Gasteiger partial charge in [0.05, 0.1) is 24.5 Å². The van der Waals surface area contributed by atoms with Crippen LogP contribution in [0.3, 0.4) is 0 Å². The fourth-order valence-electron chi connectivity index (χ4n) is 6.83. The third kappa shape index (κ3) is 10.8. The monoisotopic (exact) mass is 700 g/mol. The minimum absolute atomic E-state index is 0.0753. The molecule has 4 rings (SSSR count). The Labute approximate surface area is 296 Å². The minimum atomic E-state index is -0.899. The zero-order chi connectivity index (χ0) is 36.5. The van der Waals surface area contributed by atoms with E-state index in [1.807, 2.05) is 57.9 Å². The highest BCUT2D eigenvalue weighted by Gasteiger charge is 2.31. The maximum absolute atomic E-state index is 15.0. The molecule has 11 nitrogen and oxygen atoms in total. The standard InChI is InChI=1S/C38H57FN4O7/c1-7-33(45)28(5)37(47)42-18-16-41(17-19-42)31-22-29(21-30(39)23-31)20-27(4)36-26(3)9-11-34(25(2)8-10-32(44)24-35(46)50-36)49-38(48)43-14-12-40(6)13-15-43/h9,11,20-23,25-26,28,32-34,36,44-45H,7-8,10,12-19,24H2,1-6H3/b11-9+,27-20+/t25-,26-,28+,32+,33-,34-,36-/m0/s1. The van der Waals surface area contributed by atoms with Crippen LogP contribution >= 0.6 is 0 Å². The molecule has 2 N–H and O–H groups in total. The van der Waals surface area contributed by atoms with Crippen LogP contribution < -0.4 is 4.90 Å². The lowest BCUT2D eigenvalue weighted by molar-refractivity contribution is -0.151. The van der Waals surface area contributed by atoms with E-state index in [9.17, 15) is 24.6 Å². The van der Waals surface area contributed by atoms with Crippen molar-refractivity contribution in [2.24, 2.45) is 17.8 Å². The second-order valence-corrected chi connectivity index (χ2v) is 14.4. The number of amides is 2. The van der Waals surface area contributed by atoms with Crippen molar-refractivity contribution in [1.82, 2.24) is 14.7 Å². The van der Waals surface area contributed by atoms with Gasteiger partial charge in [0, 0.05) is 64.0 Å². The van der Waals surface area contributed by atoms with Crippen molar-refractivity contribution in [1.29, 1.82) is 0 Å². The predicted octanol–water partition coefficient (Wildman–Crippen LogP) is 4.32. The Balaban J connectivity index is 1.51. The van der Waals surface area contributed by atoms with E-state index in [2.05, 4.69) is 4.90 Å². The van der Waals surface area contributed by atoms with Gasteiger partial charge in [0.1, 0.15) is 18.0 Å². The number of halogens is 1. The summed E-state index contributed by atoms with van der Waals surface area (Å²) in [6, 6.07) is 4.78. The van der Waals surface area contributed by atoms with Crippen LogP contribution in [0.25, 0.3) is 6.08 Å². The molecule has 0 spiro atoms. The highest BCUT2D eigenvalue weighted by Crippen LogP contribution is 2.28. The summed E-state index contributed by atoms with van der Waals surface area (Å²) in [6.45, 7) is 14.1. The number of hydrogen-bond donors (Lipinski definition) is 2. The van der Waals surface area contributed by atoms with Gasteiger partial charge >= 0.3 is 12.1 Å². The molecule has 2 saturated heterocycles. The summed E-state index contributed by atoms with van der Waals surface area (Å²) >= 11 is 0. The Morgan fingerprint density at radius 2 is 1.68 bits per heavy atom. The number of nitrogens with zero attached hydrogens (tertiary/aromatic N) is 4. The molecule has 2 fully saturated rings. The highest BCUT2D eigenvalue weighted by atomic mass is 19.1. The summed E-state index contributed by atoms with van der Waals surface area (Å²) in [5.74, 6) is -1.89. The molecule has 12 heteroatoms. The van der Waals surface area contributed by atoms with Crippen molar-refractivity contribution in [3.05, 3.63) is 47.3 Å². The maximum Gasteiger partial charge on any atom is 0.410 e. The van der Waals surface area contributed by atoms with E-state index in [4.69, 9.17) is 9.47 Å². The fraction of sp³-hybridized carbons (Fsp3) is 0.658. The first kappa shape index (κ1) is 39.3. The van der Waals surface area contributed by atoms with Crippen molar-refractivity contribution < 1.29 is 38.5 Å². The number of carbonyl (C=O) groups excluding carboxylic acids is 3. The molecule has 0 aliphatic carbocycles. The average molecular weight is 701 g/mol. The van der Waals surface area contributed by atoms with Crippen LogP contribution in [-0.4, -0.2) is 127 Å². The van der Waals surface area contributed by atoms with Gasteiger partial charge in [-0.1, -0.05) is 39.8 Å². The molecule has 0 bridgehead atoms. The number of likely N-dealkylation sites (N-methyl/N-ethyl adjacent to an activating group) is 1. The number of rotatable bonds is 7. The van der Waals surface area contributed by atoms with Crippen LogP contribution in [0.15, 0.2) is 35.9 Å². The molecule has 0 unspecified atom stereocenters. The van der Waals surface area contributed by atoms with Gasteiger partial charge in [0.25, 0.3) is 0 Å². The molecule has 3 heterocycles. The van der Waals surface area contributed by atoms with Crippen molar-refractivity contribution >= 4 is 29.7 Å². The molecular formula is C38H57FN4O7. The van der Waals surface area contributed by atoms with E-state index in [1.54, 1.807) is 22.8 Å². The number of carbonyl (C=O) groups is 3. The lowest BCUT2D eigenvalue weighted by atomic mass is 9.91. The Morgan fingerprint density at radius 1 is 1.02 bits per heavy atom. The molecular weight excluding hydrogens is 643 g/mol. The first-order valence-electron chi connectivity index (χ1n) is 18.2. The maximum atomic E-state index is 15.0. The van der Waals surface area contributed by atoms with E-state index in [0.29, 0.717) is 75.4 Å². The van der Waals surface area contributed by atoms with E-state index < -0.39 is 42.1 Å². The van der Waals surface area contributed by atoms with Gasteiger partial charge in [-0.05, 0) is 74.6 Å². The molecule has 0 radical (unpaired) electrons. The largest absolute Gasteiger partial charge is 0.457 e. The minimum Gasteiger partial charge on any atom is -0.457 e. The summed E-state index contributed by atoms with van der Waals surface area (Å²) in [6.07, 6.45) is 3.65. The third-order valence-corrected chi connectivity index (χ3v) is 10.3. The van der Waals surface area contributed by atoms with Gasteiger partial charge in [-0.25, -0.2) is 9.18 Å². The summed E-state index contributed by atoms with van der Waals surface area (Å²) in [7, 11) is 2.02. The lowest BCUT2D eigenvalue weighted by Crippen LogP contribution is -2.51. The first-order valence-corrected chi connectivity index (χ1v) is 18.2. The summed E-state index contributed by atoms with van der Waals surface area (Å²) in [5, 5.41) is 20.8. The molecule has 0 aromatic heterocycles.